The maximum atomic E-state index is 12.4. The lowest BCUT2D eigenvalue weighted by molar-refractivity contribution is -0.115. The van der Waals surface area contributed by atoms with Crippen molar-refractivity contribution in [2.45, 2.75) is 37.3 Å². The summed E-state index contributed by atoms with van der Waals surface area (Å²) in [5, 5.41) is 10.6. The molecular weight excluding hydrogens is 466 g/mol. The van der Waals surface area contributed by atoms with Gasteiger partial charge in [-0.15, -0.1) is 10.2 Å². The number of ether oxygens (including phenoxy) is 1. The fraction of sp³-hybridized carbons (Fsp3) is 0.200. The second-order valence-corrected chi connectivity index (χ2v) is 10.7. The quantitative estimate of drug-likeness (QED) is 0.394. The molecule has 0 spiro atoms. The Hall–Kier alpha value is -4.05. The average molecular weight is 492 g/mol. The number of anilines is 1. The van der Waals surface area contributed by atoms with Crippen LogP contribution in [0.5, 0.6) is 11.6 Å². The molecule has 1 amide bonds. The number of imidazole rings is 1. The van der Waals surface area contributed by atoms with Crippen molar-refractivity contribution in [2.24, 2.45) is 0 Å². The number of sulfone groups is 1. The summed E-state index contributed by atoms with van der Waals surface area (Å²) >= 11 is 0. The number of carbonyl (C=O) groups is 1. The summed E-state index contributed by atoms with van der Waals surface area (Å²) in [4.78, 5) is 16.8. The molecule has 0 unspecified atom stereocenters. The summed E-state index contributed by atoms with van der Waals surface area (Å²) in [6, 6.07) is 16.8. The van der Waals surface area contributed by atoms with Crippen LogP contribution >= 0.6 is 0 Å². The molecule has 0 bridgehead atoms. The number of carbonyl (C=O) groups excluding carboxylic acids is 1. The second kappa shape index (κ2) is 10.1. The molecule has 0 aliphatic carbocycles. The van der Waals surface area contributed by atoms with Gasteiger partial charge in [0.05, 0.1) is 16.6 Å². The fourth-order valence-corrected chi connectivity index (χ4v) is 4.36. The highest BCUT2D eigenvalue weighted by molar-refractivity contribution is 7.92. The predicted molar refractivity (Wildman–Crippen MR) is 132 cm³/mol. The summed E-state index contributed by atoms with van der Waals surface area (Å²) in [5.74, 6) is 2.12. The van der Waals surface area contributed by atoms with Crippen molar-refractivity contribution in [3.8, 4) is 17.4 Å². The maximum absolute atomic E-state index is 12.4. The first-order chi connectivity index (χ1) is 16.7. The zero-order chi connectivity index (χ0) is 25.0. The normalized spacial score (nSPS) is 11.4. The summed E-state index contributed by atoms with van der Waals surface area (Å²) in [5.41, 5.74) is 1.33. The lowest BCUT2D eigenvalue weighted by Crippen LogP contribution is -2.15. The number of hydrogen-bond donors (Lipinski definition) is 1. The van der Waals surface area contributed by atoms with Crippen LogP contribution in [0.4, 0.5) is 5.69 Å². The van der Waals surface area contributed by atoms with Crippen LogP contribution in [-0.2, 0) is 21.1 Å². The SMILES string of the molecule is Cc1nccn1-c1ccc(Oc2ccc(NC(=O)Cc3ccc(S(=O)(=O)C(C)C)cc3)cc2)nn1. The Labute approximate surface area is 203 Å². The van der Waals surface area contributed by atoms with Crippen LogP contribution in [-0.4, -0.2) is 39.3 Å². The van der Waals surface area contributed by atoms with Crippen LogP contribution < -0.4 is 10.1 Å². The van der Waals surface area contributed by atoms with E-state index in [1.165, 1.54) is 12.1 Å². The Bertz CT molecular complexity index is 1410. The van der Waals surface area contributed by atoms with E-state index < -0.39 is 15.1 Å². The molecule has 10 heteroatoms. The average Bonchev–Trinajstić information content (AvgIpc) is 3.27. The van der Waals surface area contributed by atoms with Crippen LogP contribution in [0.15, 0.2) is 78.0 Å². The molecule has 2 aromatic heterocycles. The molecule has 2 aromatic carbocycles. The van der Waals surface area contributed by atoms with E-state index in [0.717, 1.165) is 11.4 Å². The molecule has 0 radical (unpaired) electrons. The maximum Gasteiger partial charge on any atom is 0.238 e. The number of nitrogens with one attached hydrogen (secondary N) is 1. The van der Waals surface area contributed by atoms with Crippen molar-refractivity contribution < 1.29 is 17.9 Å². The van der Waals surface area contributed by atoms with Crippen molar-refractivity contribution in [3.05, 3.63) is 84.4 Å². The number of amides is 1. The van der Waals surface area contributed by atoms with Gasteiger partial charge in [0, 0.05) is 24.1 Å². The van der Waals surface area contributed by atoms with Gasteiger partial charge in [-0.05, 0) is 68.8 Å². The van der Waals surface area contributed by atoms with Crippen LogP contribution in [0, 0.1) is 6.92 Å². The van der Waals surface area contributed by atoms with Crippen molar-refractivity contribution in [2.75, 3.05) is 5.32 Å². The van der Waals surface area contributed by atoms with E-state index in [1.54, 1.807) is 74.8 Å². The van der Waals surface area contributed by atoms with Gasteiger partial charge >= 0.3 is 0 Å². The largest absolute Gasteiger partial charge is 0.438 e. The van der Waals surface area contributed by atoms with Crippen molar-refractivity contribution in [3.63, 3.8) is 0 Å². The van der Waals surface area contributed by atoms with Gasteiger partial charge in [0.2, 0.25) is 11.8 Å². The van der Waals surface area contributed by atoms with Crippen LogP contribution in [0.3, 0.4) is 0 Å². The minimum Gasteiger partial charge on any atom is -0.438 e. The number of hydrogen-bond acceptors (Lipinski definition) is 7. The molecule has 0 atom stereocenters. The molecule has 0 aliphatic heterocycles. The first-order valence-electron chi connectivity index (χ1n) is 11.0. The third-order valence-electron chi connectivity index (χ3n) is 5.30. The first kappa shape index (κ1) is 24.1. The van der Waals surface area contributed by atoms with Gasteiger partial charge in [-0.1, -0.05) is 12.1 Å². The monoisotopic (exact) mass is 491 g/mol. The fourth-order valence-electron chi connectivity index (χ4n) is 3.30. The molecule has 0 saturated carbocycles. The highest BCUT2D eigenvalue weighted by Crippen LogP contribution is 2.22. The van der Waals surface area contributed by atoms with Crippen molar-refractivity contribution in [1.82, 2.24) is 19.7 Å². The Balaban J connectivity index is 1.33. The molecule has 0 saturated heterocycles. The van der Waals surface area contributed by atoms with Gasteiger partial charge in [0.25, 0.3) is 0 Å². The van der Waals surface area contributed by atoms with Gasteiger partial charge in [-0.2, -0.15) is 0 Å². The van der Waals surface area contributed by atoms with Crippen LogP contribution in [0.1, 0.15) is 25.2 Å². The number of rotatable bonds is 8. The van der Waals surface area contributed by atoms with Crippen molar-refractivity contribution >= 4 is 21.4 Å². The molecular formula is C25H25N5O4S. The predicted octanol–water partition coefficient (Wildman–Crippen LogP) is 4.13. The van der Waals surface area contributed by atoms with E-state index in [1.807, 2.05) is 11.5 Å². The number of nitrogens with zero attached hydrogens (tertiary/aromatic N) is 4. The highest BCUT2D eigenvalue weighted by atomic mass is 32.2. The van der Waals surface area contributed by atoms with E-state index in [0.29, 0.717) is 23.1 Å². The lowest BCUT2D eigenvalue weighted by Gasteiger charge is -2.10. The van der Waals surface area contributed by atoms with Crippen LogP contribution in [0.2, 0.25) is 0 Å². The summed E-state index contributed by atoms with van der Waals surface area (Å²) in [7, 11) is -3.34. The smallest absolute Gasteiger partial charge is 0.238 e. The highest BCUT2D eigenvalue weighted by Gasteiger charge is 2.19. The van der Waals surface area contributed by atoms with Gasteiger partial charge < -0.3 is 10.1 Å². The third kappa shape index (κ3) is 5.72. The molecule has 180 valence electrons. The number of benzene rings is 2. The minimum atomic E-state index is -3.34. The minimum absolute atomic E-state index is 0.124. The molecule has 1 N–H and O–H groups in total. The molecule has 4 aromatic rings. The van der Waals surface area contributed by atoms with E-state index >= 15 is 0 Å². The van der Waals surface area contributed by atoms with E-state index in [9.17, 15) is 13.2 Å². The molecule has 2 heterocycles. The van der Waals surface area contributed by atoms with E-state index in [-0.39, 0.29) is 17.2 Å². The van der Waals surface area contributed by atoms with E-state index in [2.05, 4.69) is 20.5 Å². The topological polar surface area (TPSA) is 116 Å². The summed E-state index contributed by atoms with van der Waals surface area (Å²) in [6.07, 6.45) is 3.62. The molecule has 4 rings (SSSR count). The Morgan fingerprint density at radius 2 is 1.71 bits per heavy atom. The zero-order valence-corrected chi connectivity index (χ0v) is 20.4. The Kier molecular flexibility index (Phi) is 6.92. The Morgan fingerprint density at radius 3 is 2.29 bits per heavy atom. The summed E-state index contributed by atoms with van der Waals surface area (Å²) in [6.45, 7) is 5.16. The lowest BCUT2D eigenvalue weighted by atomic mass is 10.1. The summed E-state index contributed by atoms with van der Waals surface area (Å²) < 4.78 is 32.0. The zero-order valence-electron chi connectivity index (χ0n) is 19.5. The second-order valence-electron chi connectivity index (χ2n) is 8.16. The molecule has 9 nitrogen and oxygen atoms in total. The van der Waals surface area contributed by atoms with E-state index in [4.69, 9.17) is 4.74 Å². The standard InChI is InChI=1S/C25H25N5O4S/c1-17(2)35(32,33)22-10-4-19(5-11-22)16-24(31)27-20-6-8-21(9-7-20)34-25-13-12-23(28-29-25)30-15-14-26-18(30)3/h4-15,17H,16H2,1-3H3,(H,27,31). The van der Waals surface area contributed by atoms with Crippen molar-refractivity contribution in [1.29, 1.82) is 0 Å². The third-order valence-corrected chi connectivity index (χ3v) is 7.47. The van der Waals surface area contributed by atoms with Gasteiger partial charge in [-0.3, -0.25) is 9.36 Å². The van der Waals surface area contributed by atoms with Gasteiger partial charge in [0.15, 0.2) is 15.7 Å². The number of aromatic nitrogens is 4. The Morgan fingerprint density at radius 1 is 1.00 bits per heavy atom. The molecule has 0 fully saturated rings. The number of aryl methyl sites for hydroxylation is 1. The first-order valence-corrected chi connectivity index (χ1v) is 12.5. The van der Waals surface area contributed by atoms with Crippen LogP contribution in [0.25, 0.3) is 5.82 Å². The molecule has 35 heavy (non-hydrogen) atoms. The van der Waals surface area contributed by atoms with Gasteiger partial charge in [-0.25, -0.2) is 13.4 Å². The van der Waals surface area contributed by atoms with Gasteiger partial charge in [0.1, 0.15) is 11.6 Å². The molecule has 0 aliphatic rings.